The molecule has 0 aliphatic heterocycles. The molecule has 0 aliphatic carbocycles. The van der Waals surface area contributed by atoms with E-state index in [1.807, 2.05) is 72.8 Å². The Hall–Kier alpha value is -6.43. The maximum atomic E-state index is 6.17. The van der Waals surface area contributed by atoms with Gasteiger partial charge in [-0.1, -0.05) is 139 Å². The Bertz CT molecular complexity index is 2870. The van der Waals surface area contributed by atoms with Crippen molar-refractivity contribution in [2.75, 3.05) is 0 Å². The normalized spacial score (nSPS) is 11.3. The molecule has 0 saturated carbocycles. The zero-order chi connectivity index (χ0) is 35.9. The third-order valence-electron chi connectivity index (χ3n) is 9.76. The van der Waals surface area contributed by atoms with Crippen molar-refractivity contribution in [2.24, 2.45) is 0 Å². The summed E-state index contributed by atoms with van der Waals surface area (Å²) in [6, 6.07) is 54.3. The van der Waals surface area contributed by atoms with Gasteiger partial charge in [0, 0.05) is 53.2 Å². The molecule has 0 spiro atoms. The van der Waals surface area contributed by atoms with Crippen molar-refractivity contribution >= 4 is 53.4 Å². The van der Waals surface area contributed by atoms with Crippen LogP contribution in [0.25, 0.3) is 87.4 Å². The lowest BCUT2D eigenvalue weighted by atomic mass is 9.94. The highest BCUT2D eigenvalue weighted by molar-refractivity contribution is 7.26. The lowest BCUT2D eigenvalue weighted by Gasteiger charge is -2.09. The van der Waals surface area contributed by atoms with Crippen LogP contribution in [0.2, 0.25) is 0 Å². The van der Waals surface area contributed by atoms with Crippen molar-refractivity contribution < 1.29 is 4.42 Å². The molecule has 0 amide bonds. The van der Waals surface area contributed by atoms with E-state index in [-0.39, 0.29) is 0 Å². The molecule has 10 rings (SSSR count). The maximum Gasteiger partial charge on any atom is 0.165 e. The van der Waals surface area contributed by atoms with Crippen LogP contribution in [0, 0.1) is 20.8 Å². The van der Waals surface area contributed by atoms with E-state index in [9.17, 15) is 0 Å². The van der Waals surface area contributed by atoms with Crippen molar-refractivity contribution in [2.45, 2.75) is 20.8 Å². The van der Waals surface area contributed by atoms with Crippen molar-refractivity contribution in [3.05, 3.63) is 174 Å². The van der Waals surface area contributed by atoms with Crippen LogP contribution in [0.4, 0.5) is 0 Å². The highest BCUT2D eigenvalue weighted by Crippen LogP contribution is 2.41. The summed E-state index contributed by atoms with van der Waals surface area (Å²) in [5.41, 5.74) is 11.2. The largest absolute Gasteiger partial charge is 0.455 e. The molecule has 0 bridgehead atoms. The molecule has 0 atom stereocenters. The lowest BCUT2D eigenvalue weighted by Crippen LogP contribution is -2.00. The van der Waals surface area contributed by atoms with Crippen LogP contribution in [-0.2, 0) is 0 Å². The summed E-state index contributed by atoms with van der Waals surface area (Å²) in [6.07, 6.45) is 0. The average Bonchev–Trinajstić information content (AvgIpc) is 3.77. The molecule has 5 heteroatoms. The van der Waals surface area contributed by atoms with E-state index in [0.29, 0.717) is 17.5 Å². The SMILES string of the molecule is Cc1ccc2sc3c(-c4nc(-c5ccccc5)nc(-c5ccccc5)n4)cccc3c2c1.Cc1ccccc1-c1c(C)ccc2c1oc1ccccc12. The zero-order valence-electron chi connectivity index (χ0n) is 29.7. The van der Waals surface area contributed by atoms with Crippen LogP contribution >= 0.6 is 11.3 Å². The second-order valence-electron chi connectivity index (χ2n) is 13.4. The van der Waals surface area contributed by atoms with E-state index >= 15 is 0 Å². The number of hydrogen-bond acceptors (Lipinski definition) is 5. The molecule has 0 saturated heterocycles. The molecule has 0 radical (unpaired) electrons. The van der Waals surface area contributed by atoms with E-state index in [1.165, 1.54) is 58.8 Å². The molecule has 3 heterocycles. The first-order valence-electron chi connectivity index (χ1n) is 17.8. The van der Waals surface area contributed by atoms with E-state index in [2.05, 4.69) is 106 Å². The predicted octanol–water partition coefficient (Wildman–Crippen LogP) is 13.4. The Kier molecular flexibility index (Phi) is 8.34. The second kappa shape index (κ2) is 13.6. The van der Waals surface area contributed by atoms with Gasteiger partial charge < -0.3 is 4.42 Å². The van der Waals surface area contributed by atoms with Crippen LogP contribution < -0.4 is 0 Å². The molecule has 53 heavy (non-hydrogen) atoms. The highest BCUT2D eigenvalue weighted by atomic mass is 32.1. The van der Waals surface area contributed by atoms with E-state index < -0.39 is 0 Å². The van der Waals surface area contributed by atoms with Crippen molar-refractivity contribution in [1.29, 1.82) is 0 Å². The number of benzene rings is 7. The number of para-hydroxylation sites is 1. The van der Waals surface area contributed by atoms with Gasteiger partial charge in [0.25, 0.3) is 0 Å². The van der Waals surface area contributed by atoms with Gasteiger partial charge in [-0.3, -0.25) is 0 Å². The van der Waals surface area contributed by atoms with Crippen LogP contribution in [0.1, 0.15) is 16.7 Å². The summed E-state index contributed by atoms with van der Waals surface area (Å²) in [4.78, 5) is 14.7. The highest BCUT2D eigenvalue weighted by Gasteiger charge is 2.17. The number of thiophene rings is 1. The number of nitrogens with zero attached hydrogens (tertiary/aromatic N) is 3. The molecular formula is C48H35N3OS. The molecule has 4 nitrogen and oxygen atoms in total. The number of rotatable bonds is 4. The van der Waals surface area contributed by atoms with Gasteiger partial charge in [0.15, 0.2) is 17.5 Å². The summed E-state index contributed by atoms with van der Waals surface area (Å²) in [7, 11) is 0. The van der Waals surface area contributed by atoms with Gasteiger partial charge >= 0.3 is 0 Å². The van der Waals surface area contributed by atoms with Crippen LogP contribution in [0.15, 0.2) is 162 Å². The molecule has 0 fully saturated rings. The van der Waals surface area contributed by atoms with Crippen molar-refractivity contribution in [1.82, 2.24) is 15.0 Å². The summed E-state index contributed by atoms with van der Waals surface area (Å²) >= 11 is 1.79. The third-order valence-corrected chi connectivity index (χ3v) is 11.0. The van der Waals surface area contributed by atoms with Crippen molar-refractivity contribution in [3.8, 4) is 45.3 Å². The maximum absolute atomic E-state index is 6.17. The smallest absolute Gasteiger partial charge is 0.165 e. The first-order valence-corrected chi connectivity index (χ1v) is 18.6. The fourth-order valence-corrected chi connectivity index (χ4v) is 8.28. The van der Waals surface area contributed by atoms with Gasteiger partial charge in [0.05, 0.1) is 0 Å². The number of aryl methyl sites for hydroxylation is 3. The Labute approximate surface area is 312 Å². The first-order chi connectivity index (χ1) is 26.0. The number of aromatic nitrogens is 3. The molecular weight excluding hydrogens is 667 g/mol. The van der Waals surface area contributed by atoms with E-state index in [0.717, 1.165) is 27.9 Å². The quantitative estimate of drug-likeness (QED) is 0.183. The van der Waals surface area contributed by atoms with Gasteiger partial charge in [-0.25, -0.2) is 15.0 Å². The topological polar surface area (TPSA) is 51.8 Å². The fraction of sp³-hybridized carbons (Fsp3) is 0.0625. The fourth-order valence-electron chi connectivity index (χ4n) is 7.09. The van der Waals surface area contributed by atoms with E-state index in [4.69, 9.17) is 19.4 Å². The van der Waals surface area contributed by atoms with Gasteiger partial charge in [0.2, 0.25) is 0 Å². The summed E-state index contributed by atoms with van der Waals surface area (Å²) in [5, 5.41) is 4.90. The Balaban J connectivity index is 0.000000153. The molecule has 0 N–H and O–H groups in total. The molecule has 254 valence electrons. The molecule has 0 unspecified atom stereocenters. The molecule has 0 aliphatic rings. The number of fused-ring (bicyclic) bond motifs is 6. The Morgan fingerprint density at radius 1 is 0.453 bits per heavy atom. The molecule has 10 aromatic rings. The van der Waals surface area contributed by atoms with E-state index in [1.54, 1.807) is 11.3 Å². The second-order valence-corrected chi connectivity index (χ2v) is 14.4. The lowest BCUT2D eigenvalue weighted by molar-refractivity contribution is 0.669. The van der Waals surface area contributed by atoms with Crippen LogP contribution in [-0.4, -0.2) is 15.0 Å². The monoisotopic (exact) mass is 701 g/mol. The zero-order valence-corrected chi connectivity index (χ0v) is 30.5. The van der Waals surface area contributed by atoms with Crippen molar-refractivity contribution in [3.63, 3.8) is 0 Å². The summed E-state index contributed by atoms with van der Waals surface area (Å²) in [6.45, 7) is 6.43. The summed E-state index contributed by atoms with van der Waals surface area (Å²) in [5.74, 6) is 2.07. The summed E-state index contributed by atoms with van der Waals surface area (Å²) < 4.78 is 8.66. The third kappa shape index (κ3) is 6.05. The Morgan fingerprint density at radius 3 is 1.81 bits per heavy atom. The van der Waals surface area contributed by atoms with Gasteiger partial charge in [-0.05, 0) is 61.7 Å². The Morgan fingerprint density at radius 2 is 1.08 bits per heavy atom. The minimum Gasteiger partial charge on any atom is -0.455 e. The average molecular weight is 702 g/mol. The van der Waals surface area contributed by atoms with Gasteiger partial charge in [0.1, 0.15) is 11.2 Å². The van der Waals surface area contributed by atoms with Gasteiger partial charge in [-0.15, -0.1) is 11.3 Å². The van der Waals surface area contributed by atoms with Crippen LogP contribution in [0.3, 0.4) is 0 Å². The number of hydrogen-bond donors (Lipinski definition) is 0. The minimum absolute atomic E-state index is 0.684. The number of furan rings is 1. The standard InChI is InChI=1S/C28H19N3S.C20H16O/c1-18-15-16-24-23(17-18)21-13-8-14-22(25(21)32-24)28-30-26(19-9-4-2-5-10-19)29-27(31-28)20-11-6-3-7-12-20;1-13-7-3-4-8-15(13)19-14(2)11-12-17-16-9-5-6-10-18(16)21-20(17)19/h2-17H,1H3;3-12H,1-2H3. The predicted molar refractivity (Wildman–Crippen MR) is 222 cm³/mol. The molecule has 7 aromatic carbocycles. The molecule has 3 aromatic heterocycles. The van der Waals surface area contributed by atoms with Crippen LogP contribution in [0.5, 0.6) is 0 Å². The van der Waals surface area contributed by atoms with Gasteiger partial charge in [-0.2, -0.15) is 0 Å². The minimum atomic E-state index is 0.684. The first kappa shape index (κ1) is 32.5.